The fourth-order valence-electron chi connectivity index (χ4n) is 2.80. The van der Waals surface area contributed by atoms with E-state index in [4.69, 9.17) is 0 Å². The second-order valence-electron chi connectivity index (χ2n) is 6.23. The molecule has 0 amide bonds. The molecule has 2 nitrogen and oxygen atoms in total. The predicted octanol–water partition coefficient (Wildman–Crippen LogP) is 4.14. The van der Waals surface area contributed by atoms with Crippen LogP contribution < -0.4 is 0 Å². The maximum Gasteiger partial charge on any atom is 0.164 e. The lowest BCUT2D eigenvalue weighted by molar-refractivity contribution is 0.0896. The van der Waals surface area contributed by atoms with Gasteiger partial charge in [0.15, 0.2) is 5.78 Å². The molecule has 2 rings (SSSR count). The Labute approximate surface area is 124 Å². The lowest BCUT2D eigenvalue weighted by Gasteiger charge is -2.37. The number of benzene rings is 1. The molecule has 0 spiro atoms. The van der Waals surface area contributed by atoms with Crippen molar-refractivity contribution in [3.8, 4) is 0 Å². The van der Waals surface area contributed by atoms with E-state index in [1.165, 1.54) is 12.8 Å². The van der Waals surface area contributed by atoms with Crippen LogP contribution in [0.4, 0.5) is 0 Å². The van der Waals surface area contributed by atoms with E-state index >= 15 is 0 Å². The Balaban J connectivity index is 1.87. The number of hydrogen-bond acceptors (Lipinski definition) is 2. The van der Waals surface area contributed by atoms with E-state index in [1.807, 2.05) is 24.3 Å². The highest BCUT2D eigenvalue weighted by atomic mass is 79.9. The summed E-state index contributed by atoms with van der Waals surface area (Å²) in [5, 5.41) is 0. The van der Waals surface area contributed by atoms with E-state index in [-0.39, 0.29) is 5.78 Å². The number of likely N-dealkylation sites (tertiary alicyclic amines) is 1. The minimum atomic E-state index is 0.240. The van der Waals surface area contributed by atoms with Gasteiger partial charge in [-0.05, 0) is 36.9 Å². The Morgan fingerprint density at radius 1 is 1.42 bits per heavy atom. The lowest BCUT2D eigenvalue weighted by Crippen LogP contribution is -2.40. The highest BCUT2D eigenvalue weighted by Crippen LogP contribution is 2.28. The largest absolute Gasteiger partial charge is 0.302 e. The first-order valence-corrected chi connectivity index (χ1v) is 7.77. The summed E-state index contributed by atoms with van der Waals surface area (Å²) >= 11 is 3.41. The van der Waals surface area contributed by atoms with Crippen LogP contribution in [0, 0.1) is 5.41 Å². The fourth-order valence-corrected chi connectivity index (χ4v) is 3.20. The first-order chi connectivity index (χ1) is 8.96. The number of carbonyl (C=O) groups is 1. The molecule has 104 valence electrons. The van der Waals surface area contributed by atoms with Gasteiger partial charge < -0.3 is 4.90 Å². The Hall–Kier alpha value is -0.670. The molecule has 1 aromatic rings. The fraction of sp³-hybridized carbons (Fsp3) is 0.562. The van der Waals surface area contributed by atoms with Gasteiger partial charge in [-0.15, -0.1) is 0 Å². The van der Waals surface area contributed by atoms with Crippen molar-refractivity contribution in [2.24, 2.45) is 5.41 Å². The van der Waals surface area contributed by atoms with Gasteiger partial charge >= 0.3 is 0 Å². The van der Waals surface area contributed by atoms with Crippen molar-refractivity contribution >= 4 is 21.7 Å². The van der Waals surface area contributed by atoms with Gasteiger partial charge in [0.05, 0.1) is 0 Å². The van der Waals surface area contributed by atoms with Crippen LogP contribution in [0.1, 0.15) is 43.5 Å². The topological polar surface area (TPSA) is 20.3 Å². The van der Waals surface area contributed by atoms with E-state index in [1.54, 1.807) is 0 Å². The number of hydrogen-bond donors (Lipinski definition) is 0. The van der Waals surface area contributed by atoms with Gasteiger partial charge in [0, 0.05) is 29.5 Å². The molecule has 0 unspecified atom stereocenters. The van der Waals surface area contributed by atoms with Crippen molar-refractivity contribution in [2.75, 3.05) is 19.6 Å². The molecule has 1 heterocycles. The molecule has 19 heavy (non-hydrogen) atoms. The molecule has 0 N–H and O–H groups in total. The molecule has 0 aliphatic carbocycles. The van der Waals surface area contributed by atoms with Gasteiger partial charge in [-0.25, -0.2) is 0 Å². The van der Waals surface area contributed by atoms with Crippen LogP contribution in [-0.2, 0) is 0 Å². The third kappa shape index (κ3) is 4.43. The van der Waals surface area contributed by atoms with E-state index in [2.05, 4.69) is 34.7 Å². The van der Waals surface area contributed by atoms with Gasteiger partial charge in [-0.1, -0.05) is 41.9 Å². The van der Waals surface area contributed by atoms with E-state index < -0.39 is 0 Å². The quantitative estimate of drug-likeness (QED) is 0.776. The van der Waals surface area contributed by atoms with E-state index in [0.29, 0.717) is 11.8 Å². The van der Waals surface area contributed by atoms with Crippen LogP contribution in [0.3, 0.4) is 0 Å². The highest BCUT2D eigenvalue weighted by Gasteiger charge is 2.26. The highest BCUT2D eigenvalue weighted by molar-refractivity contribution is 9.10. The van der Waals surface area contributed by atoms with Crippen LogP contribution in [0.5, 0.6) is 0 Å². The summed E-state index contributed by atoms with van der Waals surface area (Å²) in [4.78, 5) is 14.6. The Bertz CT molecular complexity index is 456. The van der Waals surface area contributed by atoms with E-state index in [9.17, 15) is 4.79 Å². The Kier molecular flexibility index (Phi) is 4.80. The summed E-state index contributed by atoms with van der Waals surface area (Å²) < 4.78 is 0.970. The smallest absolute Gasteiger partial charge is 0.164 e. The minimum Gasteiger partial charge on any atom is -0.302 e. The van der Waals surface area contributed by atoms with Gasteiger partial charge in [0.2, 0.25) is 0 Å². The zero-order valence-corrected chi connectivity index (χ0v) is 13.4. The maximum absolute atomic E-state index is 12.2. The van der Waals surface area contributed by atoms with Crippen molar-refractivity contribution in [2.45, 2.75) is 33.1 Å². The van der Waals surface area contributed by atoms with Crippen LogP contribution in [-0.4, -0.2) is 30.3 Å². The zero-order chi connectivity index (χ0) is 13.9. The molecule has 0 atom stereocenters. The maximum atomic E-state index is 12.2. The Morgan fingerprint density at radius 2 is 2.21 bits per heavy atom. The molecule has 1 fully saturated rings. The second-order valence-corrected chi connectivity index (χ2v) is 7.14. The van der Waals surface area contributed by atoms with Crippen LogP contribution in [0.15, 0.2) is 28.7 Å². The van der Waals surface area contributed by atoms with E-state index in [0.717, 1.165) is 29.7 Å². The van der Waals surface area contributed by atoms with Crippen LogP contribution >= 0.6 is 15.9 Å². The van der Waals surface area contributed by atoms with Crippen molar-refractivity contribution in [3.05, 3.63) is 34.3 Å². The molecule has 1 aliphatic rings. The van der Waals surface area contributed by atoms with Gasteiger partial charge in [0.1, 0.15) is 0 Å². The van der Waals surface area contributed by atoms with Gasteiger partial charge in [-0.3, -0.25) is 4.79 Å². The first kappa shape index (κ1) is 14.7. The molecular formula is C16H22BrNO. The number of nitrogens with zero attached hydrogens (tertiary/aromatic N) is 1. The summed E-state index contributed by atoms with van der Waals surface area (Å²) in [6.45, 7) is 7.76. The third-order valence-electron chi connectivity index (χ3n) is 3.78. The molecule has 1 aliphatic heterocycles. The average Bonchev–Trinajstić information content (AvgIpc) is 2.35. The third-order valence-corrected chi connectivity index (χ3v) is 4.27. The minimum absolute atomic E-state index is 0.240. The number of carbonyl (C=O) groups excluding carboxylic acids is 1. The molecule has 3 heteroatoms. The Morgan fingerprint density at radius 3 is 2.89 bits per heavy atom. The molecule has 0 aromatic heterocycles. The number of rotatable bonds is 4. The van der Waals surface area contributed by atoms with Gasteiger partial charge in [-0.2, -0.15) is 0 Å². The van der Waals surface area contributed by atoms with Crippen molar-refractivity contribution in [1.82, 2.24) is 4.90 Å². The number of piperidine rings is 1. The van der Waals surface area contributed by atoms with Crippen LogP contribution in [0.2, 0.25) is 0 Å². The molecule has 1 aromatic carbocycles. The molecule has 0 bridgehead atoms. The monoisotopic (exact) mass is 323 g/mol. The number of halogens is 1. The van der Waals surface area contributed by atoms with Crippen molar-refractivity contribution < 1.29 is 4.79 Å². The number of Topliss-reactive ketones (excluding diaryl/α,β-unsaturated/α-hetero) is 1. The molecule has 0 saturated carbocycles. The van der Waals surface area contributed by atoms with Crippen LogP contribution in [0.25, 0.3) is 0 Å². The average molecular weight is 324 g/mol. The predicted molar refractivity (Wildman–Crippen MR) is 82.5 cm³/mol. The van der Waals surface area contributed by atoms with Gasteiger partial charge in [0.25, 0.3) is 0 Å². The first-order valence-electron chi connectivity index (χ1n) is 6.97. The second kappa shape index (κ2) is 6.19. The summed E-state index contributed by atoms with van der Waals surface area (Å²) in [6.07, 6.45) is 3.16. The summed E-state index contributed by atoms with van der Waals surface area (Å²) in [5.74, 6) is 0.240. The van der Waals surface area contributed by atoms with Crippen molar-refractivity contribution in [3.63, 3.8) is 0 Å². The normalized spacial score (nSPS) is 19.3. The molecular weight excluding hydrogens is 302 g/mol. The molecule has 1 saturated heterocycles. The standard InChI is InChI=1S/C16H22BrNO/c1-16(2)8-4-9-18(12-16)10-7-15(19)13-5-3-6-14(17)11-13/h3,5-6,11H,4,7-10,12H2,1-2H3. The summed E-state index contributed by atoms with van der Waals surface area (Å²) in [6, 6.07) is 7.67. The van der Waals surface area contributed by atoms with Crippen molar-refractivity contribution in [1.29, 1.82) is 0 Å². The summed E-state index contributed by atoms with van der Waals surface area (Å²) in [7, 11) is 0. The SMILES string of the molecule is CC1(C)CCCN(CCC(=O)c2cccc(Br)c2)C1. The lowest BCUT2D eigenvalue weighted by atomic mass is 9.84. The number of ketones is 1. The zero-order valence-electron chi connectivity index (χ0n) is 11.8. The molecule has 0 radical (unpaired) electrons. The summed E-state index contributed by atoms with van der Waals surface area (Å²) in [5.41, 5.74) is 1.21.